The molecule has 140 valence electrons. The van der Waals surface area contributed by atoms with Gasteiger partial charge in [-0.2, -0.15) is 0 Å². The average Bonchev–Trinajstić information content (AvgIpc) is 3.41. The molecule has 2 aromatic carbocycles. The normalized spacial score (nSPS) is 14.6. The summed E-state index contributed by atoms with van der Waals surface area (Å²) in [7, 11) is 0. The van der Waals surface area contributed by atoms with E-state index >= 15 is 0 Å². The van der Waals surface area contributed by atoms with Crippen LogP contribution in [-0.2, 0) is 0 Å². The number of nitrogens with one attached hydrogen (secondary N) is 1. The van der Waals surface area contributed by atoms with Gasteiger partial charge in [-0.1, -0.05) is 60.7 Å². The quantitative estimate of drug-likeness (QED) is 0.454. The Morgan fingerprint density at radius 3 is 2.29 bits per heavy atom. The lowest BCUT2D eigenvalue weighted by Crippen LogP contribution is -2.12. The van der Waals surface area contributed by atoms with Gasteiger partial charge in [-0.15, -0.1) is 23.5 Å². The van der Waals surface area contributed by atoms with Crippen molar-refractivity contribution in [2.75, 3.05) is 23.4 Å². The Bertz CT molecular complexity index is 1080. The van der Waals surface area contributed by atoms with Crippen LogP contribution in [0.25, 0.3) is 33.6 Å². The van der Waals surface area contributed by atoms with Crippen molar-refractivity contribution < 1.29 is 4.42 Å². The summed E-state index contributed by atoms with van der Waals surface area (Å²) in [5.74, 6) is 4.10. The predicted molar refractivity (Wildman–Crippen MR) is 120 cm³/mol. The number of fused-ring (bicyclic) bond motifs is 1. The van der Waals surface area contributed by atoms with Crippen molar-refractivity contribution in [1.29, 1.82) is 0 Å². The molecule has 1 aliphatic rings. The lowest BCUT2D eigenvalue weighted by molar-refractivity contribution is 0.618. The van der Waals surface area contributed by atoms with E-state index in [1.54, 1.807) is 6.33 Å². The topological polar surface area (TPSA) is 51.0 Å². The third kappa shape index (κ3) is 3.38. The fourth-order valence-corrected chi connectivity index (χ4v) is 6.11. The summed E-state index contributed by atoms with van der Waals surface area (Å²) in [5.41, 5.74) is 3.79. The minimum Gasteiger partial charge on any atom is -0.437 e. The van der Waals surface area contributed by atoms with Crippen molar-refractivity contribution in [3.05, 3.63) is 67.0 Å². The Morgan fingerprint density at radius 2 is 1.57 bits per heavy atom. The number of thioether (sulfide) groups is 2. The zero-order valence-corrected chi connectivity index (χ0v) is 16.8. The van der Waals surface area contributed by atoms with Gasteiger partial charge in [0.05, 0.1) is 9.97 Å². The third-order valence-electron chi connectivity index (χ3n) is 4.71. The summed E-state index contributed by atoms with van der Waals surface area (Å²) in [6.45, 7) is 0.877. The van der Waals surface area contributed by atoms with Crippen molar-refractivity contribution in [2.45, 2.75) is 4.58 Å². The van der Waals surface area contributed by atoms with Crippen LogP contribution in [0.1, 0.15) is 0 Å². The molecule has 4 aromatic rings. The first-order valence-electron chi connectivity index (χ1n) is 9.25. The van der Waals surface area contributed by atoms with E-state index in [2.05, 4.69) is 39.6 Å². The molecular weight excluding hydrogens is 386 g/mol. The van der Waals surface area contributed by atoms with Gasteiger partial charge in [-0.05, 0) is 5.56 Å². The molecule has 0 saturated carbocycles. The Labute approximate surface area is 172 Å². The van der Waals surface area contributed by atoms with Crippen molar-refractivity contribution >= 4 is 40.4 Å². The van der Waals surface area contributed by atoms with Gasteiger partial charge in [0, 0.05) is 29.2 Å². The van der Waals surface area contributed by atoms with Crippen LogP contribution in [-0.4, -0.2) is 32.6 Å². The van der Waals surface area contributed by atoms with E-state index in [0.29, 0.717) is 10.3 Å². The molecule has 1 N–H and O–H groups in total. The number of benzene rings is 2. The monoisotopic (exact) mass is 405 g/mol. The summed E-state index contributed by atoms with van der Waals surface area (Å²) in [4.78, 5) is 8.99. The van der Waals surface area contributed by atoms with Crippen LogP contribution in [0.5, 0.6) is 0 Å². The van der Waals surface area contributed by atoms with Crippen molar-refractivity contribution in [3.63, 3.8) is 0 Å². The standard InChI is InChI=1S/C22H19N3OS2/c1-3-7-15(8-4-1)18-19-21(23-13-17-27-11-12-28-17)24-14-25-22(19)26-20(18)16-9-5-2-6-10-16/h1-10,14,17H,11-13H2,(H,23,24,25). The number of nitrogens with zero attached hydrogens (tertiary/aromatic N) is 2. The van der Waals surface area contributed by atoms with Gasteiger partial charge in [0.2, 0.25) is 5.71 Å². The summed E-state index contributed by atoms with van der Waals surface area (Å²) >= 11 is 4.01. The molecule has 1 aliphatic heterocycles. The molecule has 0 spiro atoms. The highest BCUT2D eigenvalue weighted by atomic mass is 32.2. The molecule has 1 fully saturated rings. The Hall–Kier alpha value is -2.44. The van der Waals surface area contributed by atoms with E-state index in [1.165, 1.54) is 11.5 Å². The van der Waals surface area contributed by atoms with E-state index < -0.39 is 0 Å². The number of aromatic nitrogens is 2. The molecule has 0 aliphatic carbocycles. The summed E-state index contributed by atoms with van der Waals surface area (Å²) in [6.07, 6.45) is 1.58. The maximum absolute atomic E-state index is 6.25. The maximum Gasteiger partial charge on any atom is 0.232 e. The van der Waals surface area contributed by atoms with Crippen molar-refractivity contribution in [1.82, 2.24) is 9.97 Å². The van der Waals surface area contributed by atoms with E-state index in [9.17, 15) is 0 Å². The molecule has 5 rings (SSSR count). The second-order valence-electron chi connectivity index (χ2n) is 6.49. The molecule has 3 heterocycles. The van der Waals surface area contributed by atoms with Crippen LogP contribution in [0.15, 0.2) is 71.4 Å². The fraction of sp³-hybridized carbons (Fsp3) is 0.182. The molecule has 2 aromatic heterocycles. The van der Waals surface area contributed by atoms with E-state index in [0.717, 1.165) is 40.2 Å². The van der Waals surface area contributed by atoms with E-state index in [4.69, 9.17) is 4.42 Å². The van der Waals surface area contributed by atoms with Gasteiger partial charge in [-0.25, -0.2) is 9.97 Å². The minimum atomic E-state index is 0.561. The molecule has 0 unspecified atom stereocenters. The second-order valence-corrected chi connectivity index (χ2v) is 9.41. The first-order valence-corrected chi connectivity index (χ1v) is 11.4. The van der Waals surface area contributed by atoms with Gasteiger partial charge in [-0.3, -0.25) is 0 Å². The van der Waals surface area contributed by atoms with Crippen LogP contribution < -0.4 is 5.32 Å². The molecule has 28 heavy (non-hydrogen) atoms. The zero-order chi connectivity index (χ0) is 18.8. The number of anilines is 1. The van der Waals surface area contributed by atoms with Gasteiger partial charge < -0.3 is 9.73 Å². The van der Waals surface area contributed by atoms with E-state index in [1.807, 2.05) is 59.9 Å². The minimum absolute atomic E-state index is 0.561. The maximum atomic E-state index is 6.25. The summed E-state index contributed by atoms with van der Waals surface area (Å²) in [6, 6.07) is 20.5. The molecule has 0 bridgehead atoms. The molecule has 4 nitrogen and oxygen atoms in total. The smallest absolute Gasteiger partial charge is 0.232 e. The average molecular weight is 406 g/mol. The van der Waals surface area contributed by atoms with Gasteiger partial charge >= 0.3 is 0 Å². The first kappa shape index (κ1) is 17.6. The van der Waals surface area contributed by atoms with Gasteiger partial charge in [0.1, 0.15) is 17.9 Å². The fourth-order valence-electron chi connectivity index (χ4n) is 3.45. The molecule has 0 radical (unpaired) electrons. The van der Waals surface area contributed by atoms with Crippen LogP contribution in [0.3, 0.4) is 0 Å². The summed E-state index contributed by atoms with van der Waals surface area (Å²) < 4.78 is 6.81. The molecular formula is C22H19N3OS2. The highest BCUT2D eigenvalue weighted by Gasteiger charge is 2.23. The predicted octanol–water partition coefficient (Wildman–Crippen LogP) is 5.77. The Morgan fingerprint density at radius 1 is 0.893 bits per heavy atom. The molecule has 1 saturated heterocycles. The number of furan rings is 1. The van der Waals surface area contributed by atoms with Crippen LogP contribution in [0.4, 0.5) is 5.82 Å². The zero-order valence-electron chi connectivity index (χ0n) is 15.2. The lowest BCUT2D eigenvalue weighted by atomic mass is 9.99. The van der Waals surface area contributed by atoms with Crippen molar-refractivity contribution in [3.8, 4) is 22.5 Å². The van der Waals surface area contributed by atoms with E-state index in [-0.39, 0.29) is 0 Å². The lowest BCUT2D eigenvalue weighted by Gasteiger charge is -2.11. The number of hydrogen-bond acceptors (Lipinski definition) is 6. The Balaban J connectivity index is 1.67. The van der Waals surface area contributed by atoms with Crippen LogP contribution in [0, 0.1) is 0 Å². The summed E-state index contributed by atoms with van der Waals surface area (Å²) in [5, 5.41) is 4.50. The largest absolute Gasteiger partial charge is 0.437 e. The second kappa shape index (κ2) is 7.89. The SMILES string of the molecule is c1ccc(-c2oc3ncnc(NCC4SCCS4)c3c2-c2ccccc2)cc1. The van der Waals surface area contributed by atoms with Crippen LogP contribution in [0.2, 0.25) is 0 Å². The van der Waals surface area contributed by atoms with Gasteiger partial charge in [0.15, 0.2) is 0 Å². The molecule has 6 heteroatoms. The Kier molecular flexibility index (Phi) is 4.97. The molecule has 0 amide bonds. The third-order valence-corrected chi connectivity index (χ3v) is 7.75. The highest BCUT2D eigenvalue weighted by Crippen LogP contribution is 2.42. The van der Waals surface area contributed by atoms with Crippen LogP contribution >= 0.6 is 23.5 Å². The van der Waals surface area contributed by atoms with Gasteiger partial charge in [0.25, 0.3) is 0 Å². The van der Waals surface area contributed by atoms with Crippen molar-refractivity contribution in [2.24, 2.45) is 0 Å². The highest BCUT2D eigenvalue weighted by molar-refractivity contribution is 8.20. The number of hydrogen-bond donors (Lipinski definition) is 1. The number of rotatable bonds is 5. The first-order chi connectivity index (χ1) is 13.9. The molecule has 0 atom stereocenters.